The Balaban J connectivity index is 2.09. The van der Waals surface area contributed by atoms with Crippen LogP contribution in [-0.4, -0.2) is 4.68 Å². The smallest absolute Gasteiger partial charge is 0.164 e. The van der Waals surface area contributed by atoms with Crippen LogP contribution in [-0.2, 0) is 12.5 Å². The minimum atomic E-state index is 0.0575. The summed E-state index contributed by atoms with van der Waals surface area (Å²) in [5, 5.41) is 1.25. The molecule has 3 nitrogen and oxygen atoms in total. The highest BCUT2D eigenvalue weighted by Crippen LogP contribution is 2.28. The highest BCUT2D eigenvalue weighted by Gasteiger charge is 2.29. The molecule has 0 amide bonds. The van der Waals surface area contributed by atoms with E-state index in [-0.39, 0.29) is 5.41 Å². The maximum atomic E-state index is 2.35. The number of fused-ring (bicyclic) bond motifs is 1. The summed E-state index contributed by atoms with van der Waals surface area (Å²) in [5.74, 6) is 0. The van der Waals surface area contributed by atoms with Gasteiger partial charge in [0.05, 0.1) is 24.2 Å². The zero-order valence-electron chi connectivity index (χ0n) is 17.7. The van der Waals surface area contributed by atoms with Crippen LogP contribution >= 0.6 is 0 Å². The summed E-state index contributed by atoms with van der Waals surface area (Å²) in [4.78, 5) is 0. The molecule has 0 saturated carbocycles. The zero-order valence-corrected chi connectivity index (χ0v) is 17.7. The molecule has 0 bridgehead atoms. The van der Waals surface area contributed by atoms with E-state index in [1.807, 2.05) is 0 Å². The third-order valence-corrected chi connectivity index (χ3v) is 5.58. The molecule has 0 atom stereocenters. The van der Waals surface area contributed by atoms with Gasteiger partial charge in [-0.2, -0.15) is 9.25 Å². The maximum Gasteiger partial charge on any atom is 0.246 e. The lowest BCUT2D eigenvalue weighted by molar-refractivity contribution is -0.659. The second-order valence-electron chi connectivity index (χ2n) is 8.67. The summed E-state index contributed by atoms with van der Waals surface area (Å²) in [6.07, 6.45) is 4.35. The molecule has 4 aromatic rings. The van der Waals surface area contributed by atoms with Crippen molar-refractivity contribution >= 4 is 10.9 Å². The summed E-state index contributed by atoms with van der Waals surface area (Å²) < 4.78 is 6.80. The van der Waals surface area contributed by atoms with Gasteiger partial charge in [0.2, 0.25) is 16.9 Å². The molecule has 0 aliphatic rings. The number of hydrogen-bond acceptors (Lipinski definition) is 0. The molecule has 2 heterocycles. The SMILES string of the molecule is Cc1c(-[n+]2ccccc2C)cc(C(C)(C)C)cc1-[n+]1c2ccccc2cn1C. The van der Waals surface area contributed by atoms with Crippen LogP contribution in [0.1, 0.15) is 37.6 Å². The van der Waals surface area contributed by atoms with E-state index in [0.717, 1.165) is 0 Å². The standard InChI is InChI=1S/C25H29N3/c1-18-11-9-10-14-27(18)23-15-21(25(3,4)5)16-24(19(23)2)28-22-13-8-7-12-20(22)17-26(28)6/h7-17H,1-6H3/q+2. The van der Waals surface area contributed by atoms with Crippen molar-refractivity contribution in [3.05, 3.63) is 83.8 Å². The monoisotopic (exact) mass is 371 g/mol. The van der Waals surface area contributed by atoms with Crippen molar-refractivity contribution < 1.29 is 9.25 Å². The first kappa shape index (κ1) is 18.4. The minimum Gasteiger partial charge on any atom is -0.164 e. The molecule has 4 rings (SSSR count). The molecule has 3 heteroatoms. The molecule has 0 N–H and O–H groups in total. The second kappa shape index (κ2) is 6.59. The number of para-hydroxylation sites is 1. The summed E-state index contributed by atoms with van der Waals surface area (Å²) in [6, 6.07) is 19.6. The predicted octanol–water partition coefficient (Wildman–Crippen LogP) is 4.65. The number of pyridine rings is 1. The Hall–Kier alpha value is -2.94. The largest absolute Gasteiger partial charge is 0.246 e. The van der Waals surface area contributed by atoms with Gasteiger partial charge in [-0.25, -0.2) is 0 Å². The topological polar surface area (TPSA) is 12.7 Å². The fourth-order valence-electron chi connectivity index (χ4n) is 3.90. The molecule has 0 fully saturated rings. The Labute approximate surface area is 167 Å². The predicted molar refractivity (Wildman–Crippen MR) is 114 cm³/mol. The molecule has 142 valence electrons. The lowest BCUT2D eigenvalue weighted by atomic mass is 9.85. The molecule has 2 aromatic heterocycles. The normalized spacial score (nSPS) is 11.9. The van der Waals surface area contributed by atoms with Gasteiger partial charge >= 0.3 is 0 Å². The van der Waals surface area contributed by atoms with Crippen LogP contribution in [0.15, 0.2) is 67.0 Å². The van der Waals surface area contributed by atoms with Gasteiger partial charge in [-0.3, -0.25) is 0 Å². The van der Waals surface area contributed by atoms with Gasteiger partial charge in [0.15, 0.2) is 11.9 Å². The highest BCUT2D eigenvalue weighted by molar-refractivity contribution is 5.75. The maximum absolute atomic E-state index is 2.35. The van der Waals surface area contributed by atoms with E-state index in [1.165, 1.54) is 39.1 Å². The zero-order chi connectivity index (χ0) is 20.1. The second-order valence-corrected chi connectivity index (χ2v) is 8.67. The van der Waals surface area contributed by atoms with Gasteiger partial charge in [0.1, 0.15) is 0 Å². The van der Waals surface area contributed by atoms with E-state index in [4.69, 9.17) is 0 Å². The molecule has 0 radical (unpaired) electrons. The van der Waals surface area contributed by atoms with E-state index >= 15 is 0 Å². The van der Waals surface area contributed by atoms with Crippen molar-refractivity contribution in [2.45, 2.75) is 40.0 Å². The Morgan fingerprint density at radius 3 is 2.25 bits per heavy atom. The Morgan fingerprint density at radius 2 is 1.54 bits per heavy atom. The molecular weight excluding hydrogens is 342 g/mol. The Kier molecular flexibility index (Phi) is 4.34. The molecule has 0 saturated heterocycles. The molecule has 0 unspecified atom stereocenters. The van der Waals surface area contributed by atoms with Gasteiger partial charge in [-0.05, 0) is 24.0 Å². The van der Waals surface area contributed by atoms with Gasteiger partial charge in [-0.15, -0.1) is 0 Å². The lowest BCUT2D eigenvalue weighted by Crippen LogP contribution is -2.42. The molecular formula is C25H29N3+2. The number of hydrogen-bond donors (Lipinski definition) is 0. The van der Waals surface area contributed by atoms with Crippen LogP contribution in [0.4, 0.5) is 0 Å². The summed E-state index contributed by atoms with van der Waals surface area (Å²) in [6.45, 7) is 11.2. The molecule has 28 heavy (non-hydrogen) atoms. The lowest BCUT2D eigenvalue weighted by Gasteiger charge is -2.20. The van der Waals surface area contributed by atoms with Crippen LogP contribution in [0.2, 0.25) is 0 Å². The summed E-state index contributed by atoms with van der Waals surface area (Å²) >= 11 is 0. The number of rotatable bonds is 2. The van der Waals surface area contributed by atoms with Crippen LogP contribution < -0.4 is 9.25 Å². The van der Waals surface area contributed by atoms with E-state index < -0.39 is 0 Å². The van der Waals surface area contributed by atoms with E-state index in [2.05, 4.69) is 123 Å². The van der Waals surface area contributed by atoms with Crippen LogP contribution in [0.5, 0.6) is 0 Å². The quantitative estimate of drug-likeness (QED) is 0.455. The third kappa shape index (κ3) is 3.01. The van der Waals surface area contributed by atoms with E-state index in [1.54, 1.807) is 0 Å². The molecule has 0 aliphatic heterocycles. The van der Waals surface area contributed by atoms with Crippen LogP contribution in [0.3, 0.4) is 0 Å². The fraction of sp³-hybridized carbons (Fsp3) is 0.280. The first-order valence-electron chi connectivity index (χ1n) is 9.87. The van der Waals surface area contributed by atoms with Crippen molar-refractivity contribution in [3.63, 3.8) is 0 Å². The van der Waals surface area contributed by atoms with Gasteiger partial charge < -0.3 is 0 Å². The highest BCUT2D eigenvalue weighted by atomic mass is 15.4. The average Bonchev–Trinajstić information content (AvgIpc) is 2.97. The fourth-order valence-corrected chi connectivity index (χ4v) is 3.90. The van der Waals surface area contributed by atoms with Crippen molar-refractivity contribution in [1.29, 1.82) is 0 Å². The molecule has 0 spiro atoms. The number of aromatic nitrogens is 3. The number of benzene rings is 2. The molecule has 2 aromatic carbocycles. The van der Waals surface area contributed by atoms with Crippen molar-refractivity contribution in [3.8, 4) is 11.4 Å². The van der Waals surface area contributed by atoms with E-state index in [0.29, 0.717) is 0 Å². The Morgan fingerprint density at radius 1 is 0.857 bits per heavy atom. The first-order chi connectivity index (χ1) is 13.3. The third-order valence-electron chi connectivity index (χ3n) is 5.58. The Bertz CT molecular complexity index is 1180. The van der Waals surface area contributed by atoms with Crippen molar-refractivity contribution in [1.82, 2.24) is 4.68 Å². The minimum absolute atomic E-state index is 0.0575. The summed E-state index contributed by atoms with van der Waals surface area (Å²) in [5.41, 5.74) is 7.56. The van der Waals surface area contributed by atoms with Crippen molar-refractivity contribution in [2.24, 2.45) is 7.05 Å². The van der Waals surface area contributed by atoms with Crippen molar-refractivity contribution in [2.75, 3.05) is 0 Å². The molecule has 0 aliphatic carbocycles. The van der Waals surface area contributed by atoms with Gasteiger partial charge in [0.25, 0.3) is 0 Å². The van der Waals surface area contributed by atoms with Crippen LogP contribution in [0.25, 0.3) is 22.3 Å². The van der Waals surface area contributed by atoms with Gasteiger partial charge in [-0.1, -0.05) is 43.7 Å². The first-order valence-corrected chi connectivity index (χ1v) is 9.87. The summed E-state index contributed by atoms with van der Waals surface area (Å²) in [7, 11) is 2.11. The number of aryl methyl sites for hydroxylation is 2. The van der Waals surface area contributed by atoms with Crippen LogP contribution in [0, 0.1) is 13.8 Å². The number of nitrogens with zero attached hydrogens (tertiary/aromatic N) is 3. The van der Waals surface area contributed by atoms with Gasteiger partial charge in [0, 0.05) is 37.3 Å². The van der Waals surface area contributed by atoms with E-state index in [9.17, 15) is 0 Å². The average molecular weight is 372 g/mol.